The Kier molecular flexibility index (Phi) is 11.7. The minimum atomic E-state index is -1.67. The number of halogens is 2. The van der Waals surface area contributed by atoms with Crippen molar-refractivity contribution < 1.29 is 33.5 Å². The summed E-state index contributed by atoms with van der Waals surface area (Å²) >= 11 is 0. The Bertz CT molecular complexity index is 887. The van der Waals surface area contributed by atoms with Gasteiger partial charge < -0.3 is 9.84 Å². The summed E-state index contributed by atoms with van der Waals surface area (Å²) < 4.78 is 13.5. The van der Waals surface area contributed by atoms with Gasteiger partial charge in [0, 0.05) is 33.5 Å². The molecule has 14 heteroatoms. The minimum absolute atomic E-state index is 0.0324. The van der Waals surface area contributed by atoms with E-state index in [0.717, 1.165) is 6.07 Å². The van der Waals surface area contributed by atoms with E-state index in [1.807, 2.05) is 0 Å². The molecule has 1 N–H and O–H groups in total. The molecule has 0 radical (unpaired) electrons. The van der Waals surface area contributed by atoms with Gasteiger partial charge in [0.25, 0.3) is 11.4 Å². The lowest BCUT2D eigenvalue weighted by atomic mass is 10.2. The van der Waals surface area contributed by atoms with Crippen molar-refractivity contribution in [1.82, 2.24) is 0 Å². The van der Waals surface area contributed by atoms with Gasteiger partial charge in [0.2, 0.25) is 9.23 Å². The van der Waals surface area contributed by atoms with E-state index in [9.17, 15) is 29.8 Å². The smallest absolute Gasteiger partial charge is 0.344 e. The van der Waals surface area contributed by atoms with E-state index < -0.39 is 31.0 Å². The van der Waals surface area contributed by atoms with Crippen LogP contribution in [-0.4, -0.2) is 38.2 Å². The van der Waals surface area contributed by atoms with Crippen molar-refractivity contribution in [3.8, 4) is 0 Å². The molecule has 29 heavy (non-hydrogen) atoms. The van der Waals surface area contributed by atoms with Gasteiger partial charge in [-0.15, -0.1) is 0 Å². The van der Waals surface area contributed by atoms with Gasteiger partial charge in [-0.25, -0.2) is 13.8 Å². The zero-order chi connectivity index (χ0) is 22.6. The zero-order valence-corrected chi connectivity index (χ0v) is 16.7. The van der Waals surface area contributed by atoms with Crippen LogP contribution in [-0.2, 0) is 14.0 Å². The van der Waals surface area contributed by atoms with Crippen LogP contribution in [0.25, 0.3) is 0 Å². The van der Waals surface area contributed by atoms with Gasteiger partial charge in [0.15, 0.2) is 0 Å². The molecule has 0 aliphatic heterocycles. The van der Waals surface area contributed by atoms with E-state index in [-0.39, 0.29) is 22.5 Å². The zero-order valence-electron chi connectivity index (χ0n) is 14.4. The number of para-hydroxylation sites is 2. The summed E-state index contributed by atoms with van der Waals surface area (Å²) in [5.74, 6) is -1.99. The molecule has 0 saturated carbocycles. The number of carboxylic acids is 1. The first kappa shape index (κ1) is 25.9. The van der Waals surface area contributed by atoms with E-state index in [2.05, 4.69) is 26.1 Å². The molecule has 2 aromatic carbocycles. The number of nitro groups is 2. The number of methoxy groups -OCH3 is 1. The molecule has 0 spiro atoms. The number of nitro benzene ring substituents is 2. The lowest BCUT2D eigenvalue weighted by Crippen LogP contribution is -2.04. The molecule has 0 fully saturated rings. The van der Waals surface area contributed by atoms with Crippen molar-refractivity contribution in [2.75, 3.05) is 7.11 Å². The first-order valence-electron chi connectivity index (χ1n) is 7.05. The normalized spacial score (nSPS) is 9.24. The van der Waals surface area contributed by atoms with Gasteiger partial charge in [-0.2, -0.15) is 0 Å². The van der Waals surface area contributed by atoms with Crippen molar-refractivity contribution in [3.05, 3.63) is 79.9 Å². The van der Waals surface area contributed by atoms with Gasteiger partial charge in [-0.3, -0.25) is 20.2 Å². The maximum absolute atomic E-state index is 11.0. The molecule has 2 rings (SSSR count). The second kappa shape index (κ2) is 13.1. The summed E-state index contributed by atoms with van der Waals surface area (Å²) in [4.78, 5) is 40.8. The molecule has 0 amide bonds. The number of carbonyl (C=O) groups is 2. The van der Waals surface area contributed by atoms with Crippen LogP contribution in [0.4, 0.5) is 11.4 Å². The van der Waals surface area contributed by atoms with Gasteiger partial charge in [-0.1, -0.05) is 24.3 Å². The molecule has 0 saturated heterocycles. The Labute approximate surface area is 174 Å². The number of carboxylic acid groups (broad SMARTS) is 1. The third-order valence-corrected chi connectivity index (χ3v) is 2.84. The molecule has 2 aromatic rings. The number of nitrogens with zero attached hydrogens (tertiary/aromatic N) is 2. The van der Waals surface area contributed by atoms with Crippen molar-refractivity contribution >= 4 is 53.9 Å². The topological polar surface area (TPSA) is 167 Å². The van der Waals surface area contributed by atoms with E-state index in [1.165, 1.54) is 43.5 Å². The predicted octanol–water partition coefficient (Wildman–Crippen LogP) is 3.72. The molecule has 0 heterocycles. The standard InChI is InChI=1S/C8H7NO4.C7H5NO4.Cl2OS/c1-13-8(10)6-4-2-3-5-7(6)9(11)12;9-7(10)5-3-1-2-4-6(5)8(11)12;1-4(2)3/h2-5H,1H3;1-4H,(H,9,10);. The highest BCUT2D eigenvalue weighted by Gasteiger charge is 2.19. The summed E-state index contributed by atoms with van der Waals surface area (Å²) in [5.41, 5.74) is -0.947. The van der Waals surface area contributed by atoms with Crippen LogP contribution in [0.5, 0.6) is 0 Å². The largest absolute Gasteiger partial charge is 0.477 e. The highest BCUT2D eigenvalue weighted by atomic mass is 36.0. The number of esters is 1. The molecule has 0 aliphatic rings. The Morgan fingerprint density at radius 2 is 1.28 bits per heavy atom. The highest BCUT2D eigenvalue weighted by Crippen LogP contribution is 2.18. The molecule has 156 valence electrons. The number of benzene rings is 2. The van der Waals surface area contributed by atoms with Gasteiger partial charge in [0.1, 0.15) is 11.1 Å². The van der Waals surface area contributed by atoms with E-state index in [0.29, 0.717) is 0 Å². The first-order chi connectivity index (χ1) is 13.5. The number of ether oxygens (including phenoxy) is 1. The van der Waals surface area contributed by atoms with E-state index in [1.54, 1.807) is 6.07 Å². The van der Waals surface area contributed by atoms with Crippen LogP contribution in [0.2, 0.25) is 0 Å². The minimum Gasteiger partial charge on any atom is -0.477 e. The second-order valence-electron chi connectivity index (χ2n) is 4.53. The molecule has 0 unspecified atom stereocenters. The molecule has 11 nitrogen and oxygen atoms in total. The van der Waals surface area contributed by atoms with Crippen LogP contribution >= 0.6 is 21.4 Å². The Hall–Kier alpha value is -3.09. The van der Waals surface area contributed by atoms with Crippen molar-refractivity contribution in [3.63, 3.8) is 0 Å². The summed E-state index contributed by atoms with van der Waals surface area (Å²) in [6, 6.07) is 10.9. The molecule has 0 atom stereocenters. The molecule has 0 aromatic heterocycles. The summed E-state index contributed by atoms with van der Waals surface area (Å²) in [5, 5.41) is 29.2. The number of carbonyl (C=O) groups excluding carboxylic acids is 1. The van der Waals surface area contributed by atoms with Gasteiger partial charge >= 0.3 is 11.9 Å². The number of rotatable bonds is 4. The monoisotopic (exact) mass is 466 g/mol. The summed E-state index contributed by atoms with van der Waals surface area (Å²) in [7, 11) is 8.54. The number of aromatic carboxylic acids is 1. The molecular formula is C15H12Cl2N2O9S. The number of hydrogen-bond acceptors (Lipinski definition) is 8. The summed E-state index contributed by atoms with van der Waals surface area (Å²) in [6.45, 7) is 0. The fraction of sp³-hybridized carbons (Fsp3) is 0.0667. The van der Waals surface area contributed by atoms with Gasteiger partial charge in [-0.05, 0) is 12.1 Å². The lowest BCUT2D eigenvalue weighted by Gasteiger charge is -1.99. The Morgan fingerprint density at radius 3 is 1.59 bits per heavy atom. The lowest BCUT2D eigenvalue weighted by molar-refractivity contribution is -0.385. The third kappa shape index (κ3) is 9.60. The second-order valence-corrected chi connectivity index (χ2v) is 7.05. The fourth-order valence-corrected chi connectivity index (χ4v) is 1.73. The van der Waals surface area contributed by atoms with Crippen LogP contribution in [0.3, 0.4) is 0 Å². The summed E-state index contributed by atoms with van der Waals surface area (Å²) in [6.07, 6.45) is 0. The highest BCUT2D eigenvalue weighted by molar-refractivity contribution is 8.26. The average Bonchev–Trinajstić information content (AvgIpc) is 2.67. The van der Waals surface area contributed by atoms with Crippen LogP contribution in [0, 0.1) is 20.2 Å². The predicted molar refractivity (Wildman–Crippen MR) is 104 cm³/mol. The first-order valence-corrected chi connectivity index (χ1v) is 9.85. The Balaban J connectivity index is 0.000000459. The average molecular weight is 467 g/mol. The third-order valence-electron chi connectivity index (χ3n) is 2.84. The van der Waals surface area contributed by atoms with Crippen molar-refractivity contribution in [1.29, 1.82) is 0 Å². The maximum Gasteiger partial charge on any atom is 0.344 e. The molecular weight excluding hydrogens is 455 g/mol. The van der Waals surface area contributed by atoms with E-state index >= 15 is 0 Å². The Morgan fingerprint density at radius 1 is 0.931 bits per heavy atom. The fourth-order valence-electron chi connectivity index (χ4n) is 1.73. The number of hydrogen-bond donors (Lipinski definition) is 1. The maximum atomic E-state index is 11.0. The van der Waals surface area contributed by atoms with Crippen LogP contribution in [0.15, 0.2) is 48.5 Å². The van der Waals surface area contributed by atoms with Crippen molar-refractivity contribution in [2.24, 2.45) is 0 Å². The SMILES string of the molecule is COC(=O)c1ccccc1[N+](=O)[O-].O=C(O)c1ccccc1[N+](=O)[O-].O=S(Cl)Cl. The van der Waals surface area contributed by atoms with Crippen LogP contribution < -0.4 is 0 Å². The van der Waals surface area contributed by atoms with Crippen LogP contribution in [0.1, 0.15) is 20.7 Å². The quantitative estimate of drug-likeness (QED) is 0.305. The van der Waals surface area contributed by atoms with Gasteiger partial charge in [0.05, 0.1) is 17.0 Å². The molecule has 0 aliphatic carbocycles. The molecule has 0 bridgehead atoms. The van der Waals surface area contributed by atoms with E-state index in [4.69, 9.17) is 9.32 Å². The van der Waals surface area contributed by atoms with Crippen molar-refractivity contribution in [2.45, 2.75) is 0 Å².